The van der Waals surface area contributed by atoms with Gasteiger partial charge >= 0.3 is 0 Å². The molecule has 7 nitrogen and oxygen atoms in total. The number of carbonyl (C=O) groups excluding carboxylic acids is 1. The van der Waals surface area contributed by atoms with Crippen LogP contribution in [0.3, 0.4) is 0 Å². The van der Waals surface area contributed by atoms with Crippen LogP contribution in [0.15, 0.2) is 70.6 Å². The van der Waals surface area contributed by atoms with Crippen molar-refractivity contribution in [3.63, 3.8) is 0 Å². The van der Waals surface area contributed by atoms with Gasteiger partial charge in [-0.3, -0.25) is 14.2 Å². The van der Waals surface area contributed by atoms with Crippen molar-refractivity contribution in [1.82, 2.24) is 24.9 Å². The number of halogens is 1. The Kier molecular flexibility index (Phi) is 6.03. The fraction of sp³-hybridized carbons (Fsp3) is 0.100. The molecule has 0 unspecified atom stereocenters. The van der Waals surface area contributed by atoms with Crippen LogP contribution in [0.5, 0.6) is 0 Å². The van der Waals surface area contributed by atoms with E-state index in [-0.39, 0.29) is 18.0 Å². The van der Waals surface area contributed by atoms with E-state index >= 15 is 0 Å². The van der Waals surface area contributed by atoms with Gasteiger partial charge in [-0.25, -0.2) is 4.68 Å². The molecule has 0 bridgehead atoms. The maximum absolute atomic E-state index is 12.2. The maximum atomic E-state index is 12.2. The van der Waals surface area contributed by atoms with Crippen molar-refractivity contribution in [2.45, 2.75) is 11.4 Å². The van der Waals surface area contributed by atoms with E-state index in [4.69, 9.17) is 11.6 Å². The average molecular weight is 458 g/mol. The summed E-state index contributed by atoms with van der Waals surface area (Å²) in [6, 6.07) is 14.1. The molecule has 0 spiro atoms. The molecule has 10 heteroatoms. The fourth-order valence-corrected chi connectivity index (χ4v) is 4.41. The number of amides is 1. The Balaban J connectivity index is 1.53. The molecule has 3 heterocycles. The van der Waals surface area contributed by atoms with E-state index < -0.39 is 0 Å². The minimum absolute atomic E-state index is 0.0943. The van der Waals surface area contributed by atoms with Crippen molar-refractivity contribution in [3.05, 3.63) is 86.2 Å². The smallest absolute Gasteiger partial charge is 0.261 e. The maximum Gasteiger partial charge on any atom is 0.261 e. The Morgan fingerprint density at radius 3 is 2.83 bits per heavy atom. The summed E-state index contributed by atoms with van der Waals surface area (Å²) < 4.78 is 3.81. The van der Waals surface area contributed by atoms with Crippen molar-refractivity contribution in [2.75, 3.05) is 6.26 Å². The van der Waals surface area contributed by atoms with Crippen LogP contribution in [0.4, 0.5) is 0 Å². The lowest BCUT2D eigenvalue weighted by atomic mass is 10.2. The zero-order chi connectivity index (χ0) is 21.1. The monoisotopic (exact) mass is 457 g/mol. The Hall–Kier alpha value is -2.88. The first-order valence-corrected chi connectivity index (χ1v) is 11.3. The van der Waals surface area contributed by atoms with Crippen LogP contribution in [-0.4, -0.2) is 31.7 Å². The lowest BCUT2D eigenvalue weighted by Crippen LogP contribution is -2.21. The average Bonchev–Trinajstić information content (AvgIpc) is 3.41. The molecule has 4 aromatic rings. The molecule has 0 aliphatic carbocycles. The third-order valence-corrected chi connectivity index (χ3v) is 6.28. The molecule has 0 saturated heterocycles. The van der Waals surface area contributed by atoms with Gasteiger partial charge in [0.25, 0.3) is 11.5 Å². The van der Waals surface area contributed by atoms with Gasteiger partial charge in [0.1, 0.15) is 5.69 Å². The summed E-state index contributed by atoms with van der Waals surface area (Å²) in [6.45, 7) is 0.250. The first kappa shape index (κ1) is 20.4. The van der Waals surface area contributed by atoms with Crippen molar-refractivity contribution in [3.8, 4) is 11.4 Å². The second kappa shape index (κ2) is 8.86. The summed E-state index contributed by atoms with van der Waals surface area (Å²) in [6.07, 6.45) is 5.46. The van der Waals surface area contributed by atoms with Crippen molar-refractivity contribution in [1.29, 1.82) is 0 Å². The van der Waals surface area contributed by atoms with Crippen LogP contribution in [0, 0.1) is 0 Å². The SMILES string of the molecule is CSc1cc(-n2ccccc2=O)ccc1-n1cc(CNC(=O)c2ccc(Cl)s2)nn1. The molecule has 1 amide bonds. The molecule has 152 valence electrons. The standard InChI is InChI=1S/C20H16ClN5O2S2/c1-29-17-10-14(25-9-3-2-4-19(25)27)5-6-15(17)26-12-13(23-24-26)11-22-20(28)16-7-8-18(21)30-16/h2-10,12H,11H2,1H3,(H,22,28). The molecule has 0 fully saturated rings. The third-order valence-electron chi connectivity index (χ3n) is 4.28. The summed E-state index contributed by atoms with van der Waals surface area (Å²) >= 11 is 8.64. The van der Waals surface area contributed by atoms with Crippen molar-refractivity contribution < 1.29 is 4.79 Å². The van der Waals surface area contributed by atoms with Gasteiger partial charge in [0.05, 0.1) is 27.6 Å². The Morgan fingerprint density at radius 2 is 2.10 bits per heavy atom. The highest BCUT2D eigenvalue weighted by atomic mass is 35.5. The highest BCUT2D eigenvalue weighted by Gasteiger charge is 2.12. The first-order valence-electron chi connectivity index (χ1n) is 8.86. The zero-order valence-electron chi connectivity index (χ0n) is 15.8. The van der Waals surface area contributed by atoms with E-state index in [0.717, 1.165) is 16.3 Å². The van der Waals surface area contributed by atoms with Crippen LogP contribution in [-0.2, 0) is 6.54 Å². The van der Waals surface area contributed by atoms with Gasteiger partial charge in [-0.05, 0) is 42.7 Å². The summed E-state index contributed by atoms with van der Waals surface area (Å²) in [4.78, 5) is 25.7. The van der Waals surface area contributed by atoms with E-state index in [9.17, 15) is 9.59 Å². The lowest BCUT2D eigenvalue weighted by Gasteiger charge is -2.11. The molecule has 1 aromatic carbocycles. The normalized spacial score (nSPS) is 10.9. The predicted molar refractivity (Wildman–Crippen MR) is 119 cm³/mol. The van der Waals surface area contributed by atoms with Crippen molar-refractivity contribution >= 4 is 40.6 Å². The topological polar surface area (TPSA) is 81.8 Å². The van der Waals surface area contributed by atoms with E-state index in [1.807, 2.05) is 30.5 Å². The summed E-state index contributed by atoms with van der Waals surface area (Å²) in [5, 5.41) is 11.1. The Labute approximate surface area is 185 Å². The van der Waals surface area contributed by atoms with E-state index in [1.54, 1.807) is 51.6 Å². The fourth-order valence-electron chi connectivity index (χ4n) is 2.84. The number of hydrogen-bond acceptors (Lipinski definition) is 6. The molecule has 3 aromatic heterocycles. The minimum Gasteiger partial charge on any atom is -0.346 e. The number of aromatic nitrogens is 4. The van der Waals surface area contributed by atoms with Crippen LogP contribution in [0.25, 0.3) is 11.4 Å². The molecule has 0 saturated carbocycles. The van der Waals surface area contributed by atoms with Gasteiger partial charge in [-0.15, -0.1) is 28.2 Å². The molecule has 0 aliphatic heterocycles. The predicted octanol–water partition coefficient (Wildman–Crippen LogP) is 3.79. The van der Waals surface area contributed by atoms with Crippen LogP contribution >= 0.6 is 34.7 Å². The Bertz CT molecular complexity index is 1260. The number of rotatable bonds is 6. The molecule has 4 rings (SSSR count). The van der Waals surface area contributed by atoms with E-state index in [1.165, 1.54) is 17.4 Å². The number of carbonyl (C=O) groups is 1. The van der Waals surface area contributed by atoms with Gasteiger partial charge in [0.2, 0.25) is 0 Å². The number of pyridine rings is 1. The van der Waals surface area contributed by atoms with Gasteiger partial charge in [0.15, 0.2) is 0 Å². The second-order valence-electron chi connectivity index (χ2n) is 6.21. The van der Waals surface area contributed by atoms with Gasteiger partial charge in [0, 0.05) is 22.8 Å². The number of benzene rings is 1. The number of hydrogen-bond donors (Lipinski definition) is 1. The Morgan fingerprint density at radius 1 is 1.23 bits per heavy atom. The van der Waals surface area contributed by atoms with E-state index in [2.05, 4.69) is 15.6 Å². The van der Waals surface area contributed by atoms with Crippen LogP contribution < -0.4 is 10.9 Å². The lowest BCUT2D eigenvalue weighted by molar-refractivity contribution is 0.0954. The molecule has 0 radical (unpaired) electrons. The largest absolute Gasteiger partial charge is 0.346 e. The van der Waals surface area contributed by atoms with Gasteiger partial charge in [-0.2, -0.15) is 0 Å². The van der Waals surface area contributed by atoms with Gasteiger partial charge < -0.3 is 5.32 Å². The summed E-state index contributed by atoms with van der Waals surface area (Å²) in [5.74, 6) is -0.205. The molecule has 0 aliphatic rings. The summed E-state index contributed by atoms with van der Waals surface area (Å²) in [5.41, 5.74) is 2.14. The second-order valence-corrected chi connectivity index (χ2v) is 8.77. The molecule has 0 atom stereocenters. The number of nitrogens with one attached hydrogen (secondary N) is 1. The van der Waals surface area contributed by atoms with Crippen LogP contribution in [0.1, 0.15) is 15.4 Å². The quantitative estimate of drug-likeness (QED) is 0.445. The number of nitrogens with zero attached hydrogens (tertiary/aromatic N) is 4. The van der Waals surface area contributed by atoms with Crippen LogP contribution in [0.2, 0.25) is 4.34 Å². The molecular weight excluding hydrogens is 442 g/mol. The first-order chi connectivity index (χ1) is 14.5. The van der Waals surface area contributed by atoms with Crippen molar-refractivity contribution in [2.24, 2.45) is 0 Å². The highest BCUT2D eigenvalue weighted by Crippen LogP contribution is 2.26. The number of thiophene rings is 1. The third kappa shape index (κ3) is 4.33. The summed E-state index contributed by atoms with van der Waals surface area (Å²) in [7, 11) is 0. The highest BCUT2D eigenvalue weighted by molar-refractivity contribution is 7.98. The van der Waals surface area contributed by atoms with Gasteiger partial charge in [-0.1, -0.05) is 22.9 Å². The molecule has 30 heavy (non-hydrogen) atoms. The van der Waals surface area contributed by atoms with E-state index in [0.29, 0.717) is 14.9 Å². The molecular formula is C20H16ClN5O2S2. The molecule has 1 N–H and O–H groups in total. The number of thioether (sulfide) groups is 1. The minimum atomic E-state index is -0.205. The zero-order valence-corrected chi connectivity index (χ0v) is 18.2.